The smallest absolute Gasteiger partial charge is 0.318 e. The predicted molar refractivity (Wildman–Crippen MR) is 155 cm³/mol. The number of amides is 1. The molecule has 2 aromatic rings. The number of hydrogen-bond donors (Lipinski definition) is 0. The fourth-order valence-corrected chi connectivity index (χ4v) is 7.69. The van der Waals surface area contributed by atoms with Gasteiger partial charge in [-0.3, -0.25) is 4.79 Å². The third-order valence-electron chi connectivity index (χ3n) is 9.78. The summed E-state index contributed by atoms with van der Waals surface area (Å²) in [5.74, 6) is -5.01. The molecule has 4 aliphatic rings. The molecule has 0 radical (unpaired) electrons. The molecule has 1 aromatic heterocycles. The number of likely N-dealkylation sites (tertiary alicyclic amines) is 1. The Bertz CT molecular complexity index is 1500. The first-order chi connectivity index (χ1) is 20.6. The molecule has 6 rings (SSSR count). The zero-order chi connectivity index (χ0) is 30.5. The van der Waals surface area contributed by atoms with E-state index in [9.17, 15) is 14.4 Å². The molecular weight excluding hydrogens is 581 g/mol. The predicted octanol–water partition coefficient (Wildman–Crippen LogP) is 4.94. The zero-order valence-corrected chi connectivity index (χ0v) is 24.8. The van der Waals surface area contributed by atoms with Crippen molar-refractivity contribution in [3.63, 3.8) is 0 Å². The Morgan fingerprint density at radius 3 is 2.65 bits per heavy atom. The minimum atomic E-state index is -3.34. The lowest BCUT2D eigenvalue weighted by Crippen LogP contribution is -2.56. The molecule has 0 unspecified atom stereocenters. The fraction of sp³-hybridized carbons (Fsp3) is 0.548. The number of anilines is 1. The maximum atomic E-state index is 17.0. The summed E-state index contributed by atoms with van der Waals surface area (Å²) in [6.45, 7) is 4.73. The summed E-state index contributed by atoms with van der Waals surface area (Å²) in [5, 5.41) is 9.95. The normalized spacial score (nSPS) is 26.2. The van der Waals surface area contributed by atoms with Gasteiger partial charge in [0.15, 0.2) is 5.83 Å². The van der Waals surface area contributed by atoms with Gasteiger partial charge in [0.2, 0.25) is 0 Å². The minimum absolute atomic E-state index is 0.0586. The highest BCUT2D eigenvalue weighted by Gasteiger charge is 2.62. The van der Waals surface area contributed by atoms with Gasteiger partial charge in [-0.25, -0.2) is 4.39 Å². The second kappa shape index (κ2) is 11.3. The van der Waals surface area contributed by atoms with E-state index in [0.29, 0.717) is 34.8 Å². The van der Waals surface area contributed by atoms with Crippen LogP contribution in [0.1, 0.15) is 54.5 Å². The number of carbonyl (C=O) groups is 1. The highest BCUT2D eigenvalue weighted by atomic mass is 35.5. The van der Waals surface area contributed by atoms with Gasteiger partial charge >= 0.3 is 6.01 Å². The Balaban J connectivity index is 1.41. The van der Waals surface area contributed by atoms with Crippen molar-refractivity contribution in [2.45, 2.75) is 68.4 Å². The van der Waals surface area contributed by atoms with Gasteiger partial charge in [0.05, 0.1) is 23.9 Å². The molecule has 228 valence electrons. The Morgan fingerprint density at radius 1 is 1.19 bits per heavy atom. The minimum Gasteiger partial charge on any atom is -0.462 e. The van der Waals surface area contributed by atoms with Crippen LogP contribution in [-0.2, 0) is 29.0 Å². The lowest BCUT2D eigenvalue weighted by molar-refractivity contribution is -0.131. The second-order valence-corrected chi connectivity index (χ2v) is 12.4. The molecule has 0 N–H and O–H groups in total. The number of halogens is 4. The number of benzene rings is 1. The Kier molecular flexibility index (Phi) is 7.80. The number of alkyl halides is 2. The second-order valence-electron chi connectivity index (χ2n) is 12.0. The van der Waals surface area contributed by atoms with E-state index in [1.807, 2.05) is 7.05 Å². The van der Waals surface area contributed by atoms with E-state index < -0.39 is 29.1 Å². The number of fused-ring (bicyclic) bond motifs is 3. The summed E-state index contributed by atoms with van der Waals surface area (Å²) >= 11 is 6.44. The number of aromatic nitrogens is 2. The summed E-state index contributed by atoms with van der Waals surface area (Å²) in [5.41, 5.74) is -0.138. The van der Waals surface area contributed by atoms with Crippen LogP contribution in [0.25, 0.3) is 0 Å². The number of ether oxygens (including phenoxy) is 1. The van der Waals surface area contributed by atoms with Crippen LogP contribution in [0.4, 0.5) is 19.0 Å². The fourth-order valence-electron chi connectivity index (χ4n) is 7.42. The van der Waals surface area contributed by atoms with Gasteiger partial charge in [-0.1, -0.05) is 30.3 Å². The van der Waals surface area contributed by atoms with Crippen LogP contribution >= 0.6 is 11.6 Å². The molecule has 0 bridgehead atoms. The molecule has 2 fully saturated rings. The molecule has 43 heavy (non-hydrogen) atoms. The summed E-state index contributed by atoms with van der Waals surface area (Å²) < 4.78 is 53.8. The van der Waals surface area contributed by atoms with Crippen molar-refractivity contribution in [2.75, 3.05) is 44.7 Å². The van der Waals surface area contributed by atoms with Crippen LogP contribution in [0.2, 0.25) is 5.02 Å². The third kappa shape index (κ3) is 4.92. The van der Waals surface area contributed by atoms with Crippen molar-refractivity contribution in [2.24, 2.45) is 0 Å². The summed E-state index contributed by atoms with van der Waals surface area (Å²) in [7, 11) is 2.00. The molecule has 1 spiro atoms. The van der Waals surface area contributed by atoms with Gasteiger partial charge in [-0.15, -0.1) is 0 Å². The van der Waals surface area contributed by atoms with Gasteiger partial charge < -0.3 is 19.4 Å². The summed E-state index contributed by atoms with van der Waals surface area (Å²) in [6.07, 6.45) is 3.10. The highest BCUT2D eigenvalue weighted by molar-refractivity contribution is 6.31. The van der Waals surface area contributed by atoms with Crippen molar-refractivity contribution in [1.82, 2.24) is 19.8 Å². The molecule has 2 saturated heterocycles. The average molecular weight is 615 g/mol. The van der Waals surface area contributed by atoms with Crippen molar-refractivity contribution in [1.29, 1.82) is 5.26 Å². The van der Waals surface area contributed by atoms with E-state index in [1.165, 1.54) is 4.90 Å². The maximum Gasteiger partial charge on any atom is 0.318 e. The Morgan fingerprint density at radius 2 is 1.95 bits per heavy atom. The lowest BCUT2D eigenvalue weighted by Gasteiger charge is -2.45. The largest absolute Gasteiger partial charge is 0.462 e. The van der Waals surface area contributed by atoms with E-state index in [2.05, 4.69) is 27.5 Å². The van der Waals surface area contributed by atoms with Gasteiger partial charge in [0.25, 0.3) is 11.8 Å². The molecule has 2 aliphatic carbocycles. The van der Waals surface area contributed by atoms with E-state index in [-0.39, 0.29) is 63.2 Å². The molecule has 0 saturated carbocycles. The quantitative estimate of drug-likeness (QED) is 0.426. The maximum absolute atomic E-state index is 17.0. The lowest BCUT2D eigenvalue weighted by atomic mass is 9.66. The molecule has 1 aromatic carbocycles. The first-order valence-electron chi connectivity index (χ1n) is 14.7. The van der Waals surface area contributed by atoms with Crippen molar-refractivity contribution in [3.8, 4) is 12.1 Å². The number of rotatable bonds is 6. The number of nitrogens with zero attached hydrogens (tertiary/aromatic N) is 6. The molecule has 8 nitrogen and oxygen atoms in total. The molecule has 1 amide bonds. The highest BCUT2D eigenvalue weighted by Crippen LogP contribution is 2.60. The van der Waals surface area contributed by atoms with Crippen LogP contribution in [0.15, 0.2) is 30.6 Å². The standard InChI is InChI=1S/C31H34ClF3N6O2/c1-19(33)28(42)41-16-15-40(17-20(41)10-13-36)27-23-9-12-30(11-8-22-24(30)6-3-7-25(22)32)31(34,35)26(23)37-29(38-27)43-18-21-5-4-14-39(21)2/h3,6-7,20-21H,1,4-5,8-12,14-18H2,2H3/t20-,21-,30+/m0/s1. The Labute approximate surface area is 254 Å². The number of nitriles is 1. The van der Waals surface area contributed by atoms with Gasteiger partial charge in [-0.05, 0) is 69.3 Å². The van der Waals surface area contributed by atoms with Gasteiger partial charge in [0.1, 0.15) is 18.1 Å². The topological polar surface area (TPSA) is 85.6 Å². The third-order valence-corrected chi connectivity index (χ3v) is 10.1. The van der Waals surface area contributed by atoms with Crippen LogP contribution in [0, 0.1) is 11.3 Å². The van der Waals surface area contributed by atoms with Crippen LogP contribution in [0.3, 0.4) is 0 Å². The number of carbonyl (C=O) groups excluding carboxylic acids is 1. The summed E-state index contributed by atoms with van der Waals surface area (Å²) in [6, 6.07) is 6.61. The average Bonchev–Trinajstić information content (AvgIpc) is 3.58. The SMILES string of the molecule is C=C(F)C(=O)N1CCN(c2nc(OC[C@@H]3CCCN3C)nc3c2CC[C@@]2(CCc4c(Cl)cccc42)C3(F)F)C[C@@H]1CC#N. The van der Waals surface area contributed by atoms with Crippen LogP contribution in [-0.4, -0.2) is 77.6 Å². The van der Waals surface area contributed by atoms with Crippen LogP contribution < -0.4 is 9.64 Å². The first kappa shape index (κ1) is 29.7. The Hall–Kier alpha value is -3.36. The number of likely N-dealkylation sites (N-methyl/N-ethyl adjacent to an activating group) is 1. The first-order valence-corrected chi connectivity index (χ1v) is 15.1. The molecule has 2 aliphatic heterocycles. The van der Waals surface area contributed by atoms with E-state index in [1.54, 1.807) is 23.1 Å². The number of hydrogen-bond acceptors (Lipinski definition) is 7. The molecule has 12 heteroatoms. The van der Waals surface area contributed by atoms with Gasteiger partial charge in [0, 0.05) is 36.3 Å². The number of piperazine rings is 1. The molecule has 3 atom stereocenters. The molecule has 3 heterocycles. The zero-order valence-electron chi connectivity index (χ0n) is 24.1. The van der Waals surface area contributed by atoms with Crippen LogP contribution in [0.5, 0.6) is 6.01 Å². The summed E-state index contributed by atoms with van der Waals surface area (Å²) in [4.78, 5) is 26.8. The van der Waals surface area contributed by atoms with Crippen molar-refractivity contribution < 1.29 is 22.7 Å². The van der Waals surface area contributed by atoms with Crippen molar-refractivity contribution >= 4 is 23.3 Å². The van der Waals surface area contributed by atoms with E-state index in [0.717, 1.165) is 24.9 Å². The van der Waals surface area contributed by atoms with E-state index >= 15 is 8.78 Å². The van der Waals surface area contributed by atoms with E-state index in [4.69, 9.17) is 16.3 Å². The van der Waals surface area contributed by atoms with Crippen molar-refractivity contribution in [3.05, 3.63) is 58.0 Å². The van der Waals surface area contributed by atoms with Gasteiger partial charge in [-0.2, -0.15) is 24.0 Å². The molecular formula is C31H34ClF3N6O2. The monoisotopic (exact) mass is 614 g/mol.